The number of rotatable bonds is 7. The van der Waals surface area contributed by atoms with E-state index in [1.54, 1.807) is 0 Å². The van der Waals surface area contributed by atoms with Crippen LogP contribution in [0.1, 0.15) is 33.1 Å². The van der Waals surface area contributed by atoms with E-state index in [9.17, 15) is 9.00 Å². The average Bonchev–Trinajstić information content (AvgIpc) is 2.11. The van der Waals surface area contributed by atoms with Crippen LogP contribution in [0.2, 0.25) is 0 Å². The van der Waals surface area contributed by atoms with E-state index in [4.69, 9.17) is 10.4 Å². The molecule has 1 atom stereocenters. The van der Waals surface area contributed by atoms with Crippen molar-refractivity contribution in [2.75, 3.05) is 11.5 Å². The molecule has 0 aliphatic rings. The molecule has 5 heteroatoms. The summed E-state index contributed by atoms with van der Waals surface area (Å²) in [6, 6.07) is 2.19. The van der Waals surface area contributed by atoms with Crippen molar-refractivity contribution < 1.29 is 14.1 Å². The molecule has 1 N–H and O–H groups in total. The minimum Gasteiger partial charge on any atom is -0.481 e. The predicted octanol–water partition coefficient (Wildman–Crippen LogP) is 1.54. The van der Waals surface area contributed by atoms with Gasteiger partial charge in [0.15, 0.2) is 0 Å². The molecular formula is C10H17NO3S. The van der Waals surface area contributed by atoms with Crippen LogP contribution >= 0.6 is 0 Å². The first-order valence-electron chi connectivity index (χ1n) is 4.85. The first kappa shape index (κ1) is 14.1. The lowest BCUT2D eigenvalue weighted by Gasteiger charge is -2.13. The van der Waals surface area contributed by atoms with Crippen molar-refractivity contribution in [2.24, 2.45) is 5.41 Å². The van der Waals surface area contributed by atoms with Crippen LogP contribution in [0, 0.1) is 16.7 Å². The number of aliphatic carboxylic acids is 1. The maximum atomic E-state index is 11.1. The fraction of sp³-hybridized carbons (Fsp3) is 0.800. The molecule has 0 heterocycles. The topological polar surface area (TPSA) is 78.2 Å². The number of carboxylic acids is 1. The summed E-state index contributed by atoms with van der Waals surface area (Å²) in [5.74, 6) is -0.888. The summed E-state index contributed by atoms with van der Waals surface area (Å²) in [7, 11) is -1.26. The number of nitrogens with zero attached hydrogens (tertiary/aromatic N) is 1. The van der Waals surface area contributed by atoms with Crippen molar-refractivity contribution in [2.45, 2.75) is 33.1 Å². The van der Waals surface area contributed by atoms with Gasteiger partial charge in [0.05, 0.1) is 11.5 Å². The molecule has 86 valence electrons. The predicted molar refractivity (Wildman–Crippen MR) is 58.8 cm³/mol. The molecule has 1 unspecified atom stereocenters. The molecule has 0 rings (SSSR count). The SMILES string of the molecule is CC(C)(C#N)CCCCS(=O)CC(=O)O. The maximum absolute atomic E-state index is 11.1. The standard InChI is InChI=1S/C10H17NO3S/c1-10(2,8-11)5-3-4-6-15(14)7-9(12)13/h3-7H2,1-2H3,(H,12,13). The molecule has 0 spiro atoms. The molecule has 0 aromatic carbocycles. The van der Waals surface area contributed by atoms with Gasteiger partial charge in [-0.15, -0.1) is 0 Å². The summed E-state index contributed by atoms with van der Waals surface area (Å²) in [4.78, 5) is 10.2. The van der Waals surface area contributed by atoms with Crippen LogP contribution < -0.4 is 0 Å². The second kappa shape index (κ2) is 6.57. The molecule has 0 aliphatic carbocycles. The molecule has 0 saturated carbocycles. The molecular weight excluding hydrogens is 214 g/mol. The summed E-state index contributed by atoms with van der Waals surface area (Å²) in [5, 5.41) is 17.1. The quantitative estimate of drug-likeness (QED) is 0.674. The van der Waals surface area contributed by atoms with Gasteiger partial charge < -0.3 is 5.11 Å². The van der Waals surface area contributed by atoms with E-state index in [0.717, 1.165) is 12.8 Å². The van der Waals surface area contributed by atoms with E-state index in [-0.39, 0.29) is 11.2 Å². The highest BCUT2D eigenvalue weighted by Crippen LogP contribution is 2.21. The van der Waals surface area contributed by atoms with Crippen molar-refractivity contribution >= 4 is 16.8 Å². The summed E-state index contributed by atoms with van der Waals surface area (Å²) < 4.78 is 11.1. The van der Waals surface area contributed by atoms with Crippen molar-refractivity contribution in [3.8, 4) is 6.07 Å². The molecule has 0 aromatic heterocycles. The Morgan fingerprint density at radius 2 is 2.07 bits per heavy atom. The van der Waals surface area contributed by atoms with E-state index in [0.29, 0.717) is 12.2 Å². The van der Waals surface area contributed by atoms with Crippen molar-refractivity contribution in [3.05, 3.63) is 0 Å². The number of hydrogen-bond acceptors (Lipinski definition) is 3. The number of carboxylic acid groups (broad SMARTS) is 1. The Morgan fingerprint density at radius 1 is 1.47 bits per heavy atom. The third-order valence-electron chi connectivity index (χ3n) is 2.01. The Kier molecular flexibility index (Phi) is 6.18. The van der Waals surface area contributed by atoms with Gasteiger partial charge in [0, 0.05) is 16.6 Å². The van der Waals surface area contributed by atoms with E-state index < -0.39 is 16.8 Å². The molecule has 0 radical (unpaired) electrons. The van der Waals surface area contributed by atoms with Gasteiger partial charge in [-0.25, -0.2) is 0 Å². The molecule has 0 aromatic rings. The zero-order chi connectivity index (χ0) is 11.9. The Hall–Kier alpha value is -0.890. The van der Waals surface area contributed by atoms with E-state index >= 15 is 0 Å². The fourth-order valence-electron chi connectivity index (χ4n) is 1.10. The van der Waals surface area contributed by atoms with Gasteiger partial charge in [-0.2, -0.15) is 5.26 Å². The van der Waals surface area contributed by atoms with Crippen molar-refractivity contribution in [1.82, 2.24) is 0 Å². The number of hydrogen-bond donors (Lipinski definition) is 1. The lowest BCUT2D eigenvalue weighted by molar-refractivity contribution is -0.133. The molecule has 0 saturated heterocycles. The average molecular weight is 231 g/mol. The fourth-order valence-corrected chi connectivity index (χ4v) is 2.04. The normalized spacial score (nSPS) is 13.1. The van der Waals surface area contributed by atoms with Crippen LogP contribution in [-0.4, -0.2) is 26.8 Å². The first-order valence-corrected chi connectivity index (χ1v) is 6.34. The second-order valence-electron chi connectivity index (χ2n) is 4.13. The van der Waals surface area contributed by atoms with E-state index in [1.165, 1.54) is 0 Å². The highest BCUT2D eigenvalue weighted by Gasteiger charge is 2.15. The Labute approximate surface area is 92.7 Å². The van der Waals surface area contributed by atoms with Crippen LogP contribution in [0.15, 0.2) is 0 Å². The van der Waals surface area contributed by atoms with Crippen LogP contribution in [0.5, 0.6) is 0 Å². The summed E-state index contributed by atoms with van der Waals surface area (Å²) >= 11 is 0. The molecule has 0 amide bonds. The van der Waals surface area contributed by atoms with Crippen LogP contribution in [0.4, 0.5) is 0 Å². The van der Waals surface area contributed by atoms with Gasteiger partial charge in [-0.1, -0.05) is 6.42 Å². The van der Waals surface area contributed by atoms with Gasteiger partial charge in [-0.3, -0.25) is 9.00 Å². The zero-order valence-corrected chi connectivity index (χ0v) is 9.97. The number of unbranched alkanes of at least 4 members (excludes halogenated alkanes) is 1. The molecule has 0 bridgehead atoms. The highest BCUT2D eigenvalue weighted by atomic mass is 32.2. The Morgan fingerprint density at radius 3 is 2.53 bits per heavy atom. The third kappa shape index (κ3) is 8.13. The van der Waals surface area contributed by atoms with Gasteiger partial charge >= 0.3 is 5.97 Å². The van der Waals surface area contributed by atoms with Crippen LogP contribution in [0.25, 0.3) is 0 Å². The minimum atomic E-state index is -1.26. The largest absolute Gasteiger partial charge is 0.481 e. The Bertz CT molecular complexity index is 281. The van der Waals surface area contributed by atoms with Gasteiger partial charge in [0.2, 0.25) is 0 Å². The molecule has 0 aliphatic heterocycles. The van der Waals surface area contributed by atoms with Crippen molar-refractivity contribution in [1.29, 1.82) is 5.26 Å². The molecule has 15 heavy (non-hydrogen) atoms. The third-order valence-corrected chi connectivity index (χ3v) is 3.32. The summed E-state index contributed by atoms with van der Waals surface area (Å²) in [6.45, 7) is 3.72. The smallest absolute Gasteiger partial charge is 0.316 e. The van der Waals surface area contributed by atoms with E-state index in [1.807, 2.05) is 13.8 Å². The lowest BCUT2D eigenvalue weighted by Crippen LogP contribution is -2.13. The lowest BCUT2D eigenvalue weighted by atomic mass is 9.89. The second-order valence-corrected chi connectivity index (χ2v) is 5.71. The monoisotopic (exact) mass is 231 g/mol. The summed E-state index contributed by atoms with van der Waals surface area (Å²) in [5.41, 5.74) is -0.339. The highest BCUT2D eigenvalue weighted by molar-refractivity contribution is 7.85. The first-order chi connectivity index (χ1) is 6.87. The van der Waals surface area contributed by atoms with Gasteiger partial charge in [-0.05, 0) is 26.7 Å². The molecule has 4 nitrogen and oxygen atoms in total. The minimum absolute atomic E-state index is 0.276. The van der Waals surface area contributed by atoms with Crippen molar-refractivity contribution in [3.63, 3.8) is 0 Å². The maximum Gasteiger partial charge on any atom is 0.316 e. The van der Waals surface area contributed by atoms with Crippen LogP contribution in [-0.2, 0) is 15.6 Å². The van der Waals surface area contributed by atoms with Gasteiger partial charge in [0.1, 0.15) is 5.75 Å². The molecule has 0 fully saturated rings. The van der Waals surface area contributed by atoms with Crippen LogP contribution in [0.3, 0.4) is 0 Å². The number of nitriles is 1. The van der Waals surface area contributed by atoms with Gasteiger partial charge in [0.25, 0.3) is 0 Å². The van der Waals surface area contributed by atoms with E-state index in [2.05, 4.69) is 6.07 Å². The Balaban J connectivity index is 3.60. The number of carbonyl (C=O) groups is 1. The summed E-state index contributed by atoms with van der Waals surface area (Å²) in [6.07, 6.45) is 2.28. The zero-order valence-electron chi connectivity index (χ0n) is 9.15.